The third-order valence-electron chi connectivity index (χ3n) is 4.30. The van der Waals surface area contributed by atoms with Crippen molar-refractivity contribution in [1.82, 2.24) is 0 Å². The Labute approximate surface area is 128 Å². The number of aliphatic carboxylic acids is 1. The van der Waals surface area contributed by atoms with Crippen LogP contribution in [0.4, 0.5) is 0 Å². The molecule has 1 rings (SSSR count). The number of hydrogen-bond acceptors (Lipinski definition) is 4. The Morgan fingerprint density at radius 1 is 1.24 bits per heavy atom. The second-order valence-electron chi connectivity index (χ2n) is 6.02. The maximum atomic E-state index is 11.1. The van der Waals surface area contributed by atoms with Gasteiger partial charge in [-0.2, -0.15) is 0 Å². The molecule has 0 saturated carbocycles. The van der Waals surface area contributed by atoms with Crippen molar-refractivity contribution in [3.8, 4) is 0 Å². The van der Waals surface area contributed by atoms with Crippen LogP contribution in [-0.4, -0.2) is 54.2 Å². The van der Waals surface area contributed by atoms with Gasteiger partial charge in [0.15, 0.2) is 5.84 Å². The lowest BCUT2D eigenvalue weighted by molar-refractivity contribution is -0.831. The molecule has 0 aliphatic carbocycles. The summed E-state index contributed by atoms with van der Waals surface area (Å²) >= 11 is 0. The topological polar surface area (TPSA) is 72.7 Å². The highest BCUT2D eigenvalue weighted by Gasteiger charge is 2.37. The Balaban J connectivity index is 2.46. The molecular weight excluding hydrogens is 268 g/mol. The molecule has 122 valence electrons. The van der Waals surface area contributed by atoms with Crippen LogP contribution in [0.3, 0.4) is 0 Å². The standard InChI is InChI=1S/C16H30N2O3/c1-2-3-4-5-6-7-9-15-17-10-12-18(15,11-8-13-19)14-16(20)21/h19H,2-14H2,1H3. The molecular formula is C16H30N2O3. The van der Waals surface area contributed by atoms with E-state index in [2.05, 4.69) is 11.9 Å². The number of amidine groups is 1. The summed E-state index contributed by atoms with van der Waals surface area (Å²) in [5, 5.41) is 20.1. The van der Waals surface area contributed by atoms with Crippen molar-refractivity contribution in [3.63, 3.8) is 0 Å². The van der Waals surface area contributed by atoms with Crippen LogP contribution in [0.25, 0.3) is 0 Å². The molecule has 1 aliphatic heterocycles. The largest absolute Gasteiger partial charge is 0.544 e. The maximum absolute atomic E-state index is 11.1. The number of carbonyl (C=O) groups is 1. The van der Waals surface area contributed by atoms with Gasteiger partial charge in [-0.1, -0.05) is 39.0 Å². The molecule has 1 heterocycles. The van der Waals surface area contributed by atoms with Gasteiger partial charge in [-0.05, 0) is 6.42 Å². The number of quaternary nitrogens is 1. The highest BCUT2D eigenvalue weighted by atomic mass is 16.4. The average Bonchev–Trinajstić information content (AvgIpc) is 2.83. The van der Waals surface area contributed by atoms with Crippen LogP contribution in [0.15, 0.2) is 4.99 Å². The summed E-state index contributed by atoms with van der Waals surface area (Å²) in [7, 11) is 0. The Bertz CT molecular complexity index is 344. The number of carboxylic acids is 1. The number of carbonyl (C=O) groups excluding carboxylic acids is 1. The molecule has 5 heteroatoms. The number of unbranched alkanes of at least 4 members (excludes halogenated alkanes) is 5. The lowest BCUT2D eigenvalue weighted by Gasteiger charge is -2.35. The highest BCUT2D eigenvalue weighted by molar-refractivity contribution is 5.79. The summed E-state index contributed by atoms with van der Waals surface area (Å²) in [5.74, 6) is -0.0198. The van der Waals surface area contributed by atoms with E-state index in [0.717, 1.165) is 25.2 Å². The number of aliphatic hydroxyl groups is 1. The van der Waals surface area contributed by atoms with Gasteiger partial charge in [0, 0.05) is 19.4 Å². The molecule has 0 radical (unpaired) electrons. The van der Waals surface area contributed by atoms with E-state index < -0.39 is 5.97 Å². The van der Waals surface area contributed by atoms with Crippen LogP contribution in [-0.2, 0) is 4.79 Å². The maximum Gasteiger partial charge on any atom is 0.198 e. The zero-order valence-electron chi connectivity index (χ0n) is 13.4. The Kier molecular flexibility index (Phi) is 8.54. The molecule has 21 heavy (non-hydrogen) atoms. The Morgan fingerprint density at radius 2 is 1.95 bits per heavy atom. The lowest BCUT2D eigenvalue weighted by atomic mass is 10.1. The molecule has 0 spiro atoms. The fourth-order valence-electron chi connectivity index (χ4n) is 3.14. The van der Waals surface area contributed by atoms with Gasteiger partial charge in [0.1, 0.15) is 13.1 Å². The number of nitrogens with zero attached hydrogens (tertiary/aromatic N) is 2. The van der Waals surface area contributed by atoms with E-state index in [1.807, 2.05) is 0 Å². The van der Waals surface area contributed by atoms with Crippen LogP contribution in [0.5, 0.6) is 0 Å². The van der Waals surface area contributed by atoms with Crippen LogP contribution in [0.1, 0.15) is 58.3 Å². The minimum Gasteiger partial charge on any atom is -0.544 e. The molecule has 0 bridgehead atoms. The summed E-state index contributed by atoms with van der Waals surface area (Å²) in [6, 6.07) is 0. The van der Waals surface area contributed by atoms with E-state index >= 15 is 0 Å². The fourth-order valence-corrected chi connectivity index (χ4v) is 3.14. The predicted molar refractivity (Wildman–Crippen MR) is 81.9 cm³/mol. The lowest BCUT2D eigenvalue weighted by Crippen LogP contribution is -2.57. The summed E-state index contributed by atoms with van der Waals surface area (Å²) in [4.78, 5) is 15.6. The smallest absolute Gasteiger partial charge is 0.198 e. The molecule has 0 fully saturated rings. The predicted octanol–water partition coefficient (Wildman–Crippen LogP) is 1.10. The zero-order chi connectivity index (χ0) is 15.6. The van der Waals surface area contributed by atoms with E-state index in [-0.39, 0.29) is 13.2 Å². The molecule has 5 nitrogen and oxygen atoms in total. The number of rotatable bonds is 12. The monoisotopic (exact) mass is 298 g/mol. The molecule has 1 atom stereocenters. The Morgan fingerprint density at radius 3 is 2.62 bits per heavy atom. The van der Waals surface area contributed by atoms with Gasteiger partial charge in [-0.3, -0.25) is 4.48 Å². The van der Waals surface area contributed by atoms with Gasteiger partial charge in [-0.15, -0.1) is 0 Å². The first-order valence-electron chi connectivity index (χ1n) is 8.35. The van der Waals surface area contributed by atoms with Gasteiger partial charge < -0.3 is 15.0 Å². The number of hydrogen-bond donors (Lipinski definition) is 1. The van der Waals surface area contributed by atoms with Crippen LogP contribution >= 0.6 is 0 Å². The van der Waals surface area contributed by atoms with Crippen molar-refractivity contribution in [2.75, 3.05) is 32.8 Å². The Hall–Kier alpha value is -0.940. The SMILES string of the molecule is CCCCCCCCC1=NCC[N+]1(CCCO)CC(=O)[O-]. The normalized spacial score (nSPS) is 21.5. The molecule has 0 aromatic heterocycles. The van der Waals surface area contributed by atoms with Gasteiger partial charge in [0.2, 0.25) is 0 Å². The minimum atomic E-state index is -1.02. The van der Waals surface area contributed by atoms with Crippen molar-refractivity contribution in [2.24, 2.45) is 4.99 Å². The van der Waals surface area contributed by atoms with E-state index in [9.17, 15) is 9.90 Å². The quantitative estimate of drug-likeness (QED) is 0.433. The summed E-state index contributed by atoms with van der Waals surface area (Å²) < 4.78 is 0.401. The third kappa shape index (κ3) is 6.14. The van der Waals surface area contributed by atoms with Crippen LogP contribution in [0.2, 0.25) is 0 Å². The second kappa shape index (κ2) is 9.90. The van der Waals surface area contributed by atoms with E-state index in [1.165, 1.54) is 32.1 Å². The van der Waals surface area contributed by atoms with Crippen molar-refractivity contribution in [2.45, 2.75) is 58.3 Å². The summed E-state index contributed by atoms with van der Waals surface area (Å²) in [6.07, 6.45) is 8.83. The van der Waals surface area contributed by atoms with E-state index in [4.69, 9.17) is 5.11 Å². The number of aliphatic imine (C=N–C) groups is 1. The molecule has 1 aliphatic rings. The summed E-state index contributed by atoms with van der Waals surface area (Å²) in [5.41, 5.74) is 0. The minimum absolute atomic E-state index is 0.00529. The van der Waals surface area contributed by atoms with Gasteiger partial charge in [0.25, 0.3) is 0 Å². The highest BCUT2D eigenvalue weighted by Crippen LogP contribution is 2.20. The average molecular weight is 298 g/mol. The number of aliphatic hydroxyl groups excluding tert-OH is 1. The second-order valence-corrected chi connectivity index (χ2v) is 6.02. The third-order valence-corrected chi connectivity index (χ3v) is 4.30. The fraction of sp³-hybridized carbons (Fsp3) is 0.875. The van der Waals surface area contributed by atoms with Crippen molar-refractivity contribution in [3.05, 3.63) is 0 Å². The van der Waals surface area contributed by atoms with E-state index in [1.54, 1.807) is 0 Å². The van der Waals surface area contributed by atoms with Gasteiger partial charge in [0.05, 0.1) is 19.1 Å². The zero-order valence-corrected chi connectivity index (χ0v) is 13.4. The van der Waals surface area contributed by atoms with Crippen molar-refractivity contribution in [1.29, 1.82) is 0 Å². The van der Waals surface area contributed by atoms with Crippen molar-refractivity contribution < 1.29 is 19.5 Å². The first-order valence-corrected chi connectivity index (χ1v) is 8.35. The van der Waals surface area contributed by atoms with Crippen LogP contribution < -0.4 is 5.11 Å². The van der Waals surface area contributed by atoms with Gasteiger partial charge in [-0.25, -0.2) is 4.99 Å². The molecule has 0 aromatic rings. The van der Waals surface area contributed by atoms with Crippen LogP contribution in [0, 0.1) is 0 Å². The number of carboxylic acid groups (broad SMARTS) is 1. The molecule has 1 N–H and O–H groups in total. The molecule has 0 amide bonds. The molecule has 1 unspecified atom stereocenters. The molecule has 0 saturated heterocycles. The first-order chi connectivity index (χ1) is 10.1. The van der Waals surface area contributed by atoms with Gasteiger partial charge >= 0.3 is 0 Å². The molecule has 0 aromatic carbocycles. The van der Waals surface area contributed by atoms with E-state index in [0.29, 0.717) is 24.0 Å². The summed E-state index contributed by atoms with van der Waals surface area (Å²) in [6.45, 7) is 4.38. The first kappa shape index (κ1) is 18.1. The van der Waals surface area contributed by atoms with Crippen molar-refractivity contribution >= 4 is 11.8 Å².